The topological polar surface area (TPSA) is 22.8 Å². The summed E-state index contributed by atoms with van der Waals surface area (Å²) < 4.78 is 4.58. The van der Waals surface area contributed by atoms with Crippen LogP contribution in [0.1, 0.15) is 38.3 Å². The highest BCUT2D eigenvalue weighted by Crippen LogP contribution is 2.33. The quantitative estimate of drug-likeness (QED) is 0.405. The van der Waals surface area contributed by atoms with Crippen LogP contribution in [0.2, 0.25) is 0 Å². The Hall–Kier alpha value is -2.55. The molecule has 4 aromatic rings. The number of aryl methyl sites for hydroxylation is 2. The lowest BCUT2D eigenvalue weighted by molar-refractivity contribution is 0.596. The van der Waals surface area contributed by atoms with Crippen LogP contribution in [0.3, 0.4) is 0 Å². The highest BCUT2D eigenvalue weighted by molar-refractivity contribution is 6.08. The molecule has 3 nitrogen and oxygen atoms in total. The van der Waals surface area contributed by atoms with E-state index < -0.39 is 0 Å². The molecule has 4 rings (SSSR count). The summed E-state index contributed by atoms with van der Waals surface area (Å²) in [6.07, 6.45) is 5.06. The lowest BCUT2D eigenvalue weighted by atomic mass is 10.2. The molecule has 0 aliphatic carbocycles. The smallest absolute Gasteiger partial charge is 0.145 e. The van der Waals surface area contributed by atoms with Crippen molar-refractivity contribution in [2.75, 3.05) is 0 Å². The Morgan fingerprint density at radius 3 is 2.44 bits per heavy atom. The van der Waals surface area contributed by atoms with Gasteiger partial charge in [0, 0.05) is 17.3 Å². The molecule has 25 heavy (non-hydrogen) atoms. The van der Waals surface area contributed by atoms with E-state index in [-0.39, 0.29) is 0 Å². The van der Waals surface area contributed by atoms with Gasteiger partial charge in [-0.1, -0.05) is 62.6 Å². The van der Waals surface area contributed by atoms with Gasteiger partial charge < -0.3 is 4.57 Å². The number of rotatable bonds is 6. The number of hydrogen-bond donors (Lipinski definition) is 0. The van der Waals surface area contributed by atoms with Crippen molar-refractivity contribution in [3.05, 3.63) is 60.3 Å². The number of para-hydroxylation sites is 2. The van der Waals surface area contributed by atoms with Gasteiger partial charge in [-0.05, 0) is 31.5 Å². The van der Waals surface area contributed by atoms with E-state index in [0.29, 0.717) is 0 Å². The van der Waals surface area contributed by atoms with Crippen molar-refractivity contribution in [1.82, 2.24) is 14.3 Å². The summed E-state index contributed by atoms with van der Waals surface area (Å²) in [5, 5.41) is 7.47. The summed E-state index contributed by atoms with van der Waals surface area (Å²) >= 11 is 0. The van der Waals surface area contributed by atoms with Crippen molar-refractivity contribution in [3.63, 3.8) is 0 Å². The first kappa shape index (κ1) is 15.9. The minimum atomic E-state index is 1.04. The first-order valence-corrected chi connectivity index (χ1v) is 9.33. The summed E-state index contributed by atoms with van der Waals surface area (Å²) in [7, 11) is 0. The molecule has 2 heterocycles. The first-order chi connectivity index (χ1) is 12.3. The molecule has 3 heteroatoms. The van der Waals surface area contributed by atoms with E-state index in [4.69, 9.17) is 5.10 Å². The molecule has 128 valence electrons. The molecule has 0 unspecified atom stereocenters. The average molecular weight is 331 g/mol. The summed E-state index contributed by atoms with van der Waals surface area (Å²) in [5.41, 5.74) is 4.76. The zero-order chi connectivity index (χ0) is 17.2. The third-order valence-electron chi connectivity index (χ3n) is 4.99. The first-order valence-electron chi connectivity index (χ1n) is 9.33. The molecule has 0 amide bonds. The molecule has 0 saturated carbocycles. The molecule has 0 radical (unpaired) electrons. The third-order valence-corrected chi connectivity index (χ3v) is 4.99. The van der Waals surface area contributed by atoms with E-state index in [0.717, 1.165) is 17.9 Å². The number of benzene rings is 2. The predicted octanol–water partition coefficient (Wildman–Crippen LogP) is 5.87. The van der Waals surface area contributed by atoms with E-state index in [2.05, 4.69) is 77.7 Å². The Morgan fingerprint density at radius 1 is 0.880 bits per heavy atom. The maximum Gasteiger partial charge on any atom is 0.145 e. The highest BCUT2D eigenvalue weighted by atomic mass is 15.3. The lowest BCUT2D eigenvalue weighted by Gasteiger charge is -2.10. The molecule has 0 atom stereocenters. The van der Waals surface area contributed by atoms with Gasteiger partial charge in [0.25, 0.3) is 0 Å². The van der Waals surface area contributed by atoms with Gasteiger partial charge in [0.1, 0.15) is 5.65 Å². The van der Waals surface area contributed by atoms with Gasteiger partial charge in [0.15, 0.2) is 0 Å². The van der Waals surface area contributed by atoms with Crippen LogP contribution in [0.25, 0.3) is 27.6 Å². The standard InChI is InChI=1S/C22H25N3/c1-3-4-5-11-16-24-20-15-10-9-14-19(20)21-17(2)23-25(22(21)24)18-12-7-6-8-13-18/h6-10,12-15H,3-5,11,16H2,1-2H3. The Labute approximate surface area is 148 Å². The molecule has 0 fully saturated rings. The number of fused-ring (bicyclic) bond motifs is 3. The van der Waals surface area contributed by atoms with E-state index in [1.807, 2.05) is 0 Å². The van der Waals surface area contributed by atoms with E-state index in [1.165, 1.54) is 47.6 Å². The van der Waals surface area contributed by atoms with Gasteiger partial charge in [0.05, 0.1) is 16.9 Å². The second-order valence-electron chi connectivity index (χ2n) is 6.76. The molecule has 0 bridgehead atoms. The fraction of sp³-hybridized carbons (Fsp3) is 0.318. The minimum Gasteiger partial charge on any atom is -0.325 e. The van der Waals surface area contributed by atoms with Gasteiger partial charge in [-0.2, -0.15) is 5.10 Å². The zero-order valence-corrected chi connectivity index (χ0v) is 15.1. The molecular weight excluding hydrogens is 306 g/mol. The maximum absolute atomic E-state index is 4.87. The van der Waals surface area contributed by atoms with E-state index in [1.54, 1.807) is 0 Å². The van der Waals surface area contributed by atoms with E-state index in [9.17, 15) is 0 Å². The lowest BCUT2D eigenvalue weighted by Crippen LogP contribution is -2.05. The molecule has 0 aliphatic rings. The zero-order valence-electron chi connectivity index (χ0n) is 15.1. The molecule has 0 saturated heterocycles. The highest BCUT2D eigenvalue weighted by Gasteiger charge is 2.18. The largest absolute Gasteiger partial charge is 0.325 e. The van der Waals surface area contributed by atoms with Gasteiger partial charge in [-0.25, -0.2) is 4.68 Å². The van der Waals surface area contributed by atoms with Crippen molar-refractivity contribution < 1.29 is 0 Å². The monoisotopic (exact) mass is 331 g/mol. The van der Waals surface area contributed by atoms with Gasteiger partial charge >= 0.3 is 0 Å². The molecule has 2 aromatic carbocycles. The molecule has 0 aliphatic heterocycles. The van der Waals surface area contributed by atoms with Crippen molar-refractivity contribution >= 4 is 21.9 Å². The van der Waals surface area contributed by atoms with Crippen LogP contribution in [-0.4, -0.2) is 14.3 Å². The predicted molar refractivity (Wildman–Crippen MR) is 105 cm³/mol. The van der Waals surface area contributed by atoms with Crippen LogP contribution in [0.4, 0.5) is 0 Å². The summed E-state index contributed by atoms with van der Waals surface area (Å²) in [4.78, 5) is 0. The van der Waals surface area contributed by atoms with Crippen molar-refractivity contribution in [2.24, 2.45) is 0 Å². The number of hydrogen-bond acceptors (Lipinski definition) is 1. The van der Waals surface area contributed by atoms with Crippen LogP contribution in [-0.2, 0) is 6.54 Å². The SMILES string of the molecule is CCCCCCn1c2ccccc2c2c(C)nn(-c3ccccc3)c21. The maximum atomic E-state index is 4.87. The minimum absolute atomic E-state index is 1.04. The Balaban J connectivity index is 1.93. The van der Waals surface area contributed by atoms with Crippen molar-refractivity contribution in [1.29, 1.82) is 0 Å². The van der Waals surface area contributed by atoms with Gasteiger partial charge in [0.2, 0.25) is 0 Å². The van der Waals surface area contributed by atoms with Crippen LogP contribution in [0.15, 0.2) is 54.6 Å². The number of unbranched alkanes of at least 4 members (excludes halogenated alkanes) is 3. The van der Waals surface area contributed by atoms with Crippen molar-refractivity contribution in [2.45, 2.75) is 46.1 Å². The number of nitrogens with zero attached hydrogens (tertiary/aromatic N) is 3. The molecular formula is C22H25N3. The van der Waals surface area contributed by atoms with Gasteiger partial charge in [-0.3, -0.25) is 0 Å². The van der Waals surface area contributed by atoms with Gasteiger partial charge in [-0.15, -0.1) is 0 Å². The Morgan fingerprint density at radius 2 is 1.64 bits per heavy atom. The molecule has 2 aromatic heterocycles. The fourth-order valence-corrected chi connectivity index (χ4v) is 3.79. The van der Waals surface area contributed by atoms with Crippen LogP contribution >= 0.6 is 0 Å². The number of aromatic nitrogens is 3. The summed E-state index contributed by atoms with van der Waals surface area (Å²) in [6, 6.07) is 19.2. The average Bonchev–Trinajstić information content (AvgIpc) is 3.16. The third kappa shape index (κ3) is 2.74. The summed E-state index contributed by atoms with van der Waals surface area (Å²) in [6.45, 7) is 5.43. The normalized spacial score (nSPS) is 11.6. The Bertz CT molecular complexity index is 992. The van der Waals surface area contributed by atoms with E-state index >= 15 is 0 Å². The fourth-order valence-electron chi connectivity index (χ4n) is 3.79. The second-order valence-corrected chi connectivity index (χ2v) is 6.76. The van der Waals surface area contributed by atoms with Crippen molar-refractivity contribution in [3.8, 4) is 5.69 Å². The second kappa shape index (κ2) is 6.75. The Kier molecular flexibility index (Phi) is 4.31. The molecule has 0 spiro atoms. The van der Waals surface area contributed by atoms with Crippen LogP contribution in [0, 0.1) is 6.92 Å². The van der Waals surface area contributed by atoms with Crippen LogP contribution in [0.5, 0.6) is 0 Å². The summed E-state index contributed by atoms with van der Waals surface area (Å²) in [5.74, 6) is 0. The van der Waals surface area contributed by atoms with Crippen LogP contribution < -0.4 is 0 Å². The molecule has 0 N–H and O–H groups in total.